The van der Waals surface area contributed by atoms with Crippen LogP contribution in [0.4, 0.5) is 0 Å². The van der Waals surface area contributed by atoms with Crippen LogP contribution in [0.2, 0.25) is 0 Å². The van der Waals surface area contributed by atoms with Crippen molar-refractivity contribution in [3.05, 3.63) is 65.0 Å². The SMILES string of the molecule is COc1ccc2[nH]c3c(=O)n(Cc4ccccn4)cnc3c2c1. The molecule has 1 aromatic carbocycles. The van der Waals surface area contributed by atoms with Crippen molar-refractivity contribution < 1.29 is 4.74 Å². The topological polar surface area (TPSA) is 72.8 Å². The first-order chi connectivity index (χ1) is 11.3. The molecule has 0 aliphatic heterocycles. The Hall–Kier alpha value is -3.15. The number of nitrogens with one attached hydrogen (secondary N) is 1. The third kappa shape index (κ3) is 2.24. The number of aromatic amines is 1. The lowest BCUT2D eigenvalue weighted by molar-refractivity contribution is 0.415. The Balaban J connectivity index is 1.88. The van der Waals surface area contributed by atoms with Crippen LogP contribution in [-0.4, -0.2) is 26.6 Å². The number of benzene rings is 1. The van der Waals surface area contributed by atoms with E-state index < -0.39 is 0 Å². The molecule has 0 aliphatic rings. The smallest absolute Gasteiger partial charge is 0.278 e. The molecule has 4 aromatic rings. The van der Waals surface area contributed by atoms with Crippen LogP contribution in [0.1, 0.15) is 5.69 Å². The monoisotopic (exact) mass is 306 g/mol. The molecular weight excluding hydrogens is 292 g/mol. The van der Waals surface area contributed by atoms with E-state index in [2.05, 4.69) is 15.0 Å². The van der Waals surface area contributed by atoms with Gasteiger partial charge in [0.2, 0.25) is 0 Å². The summed E-state index contributed by atoms with van der Waals surface area (Å²) in [5.41, 5.74) is 2.71. The van der Waals surface area contributed by atoms with Crippen molar-refractivity contribution in [3.8, 4) is 5.75 Å². The Bertz CT molecular complexity index is 1050. The van der Waals surface area contributed by atoms with Gasteiger partial charge in [0.25, 0.3) is 5.56 Å². The third-order valence-electron chi connectivity index (χ3n) is 3.84. The first-order valence-electron chi connectivity index (χ1n) is 7.21. The van der Waals surface area contributed by atoms with Crippen LogP contribution in [0.25, 0.3) is 21.9 Å². The number of rotatable bonds is 3. The predicted molar refractivity (Wildman–Crippen MR) is 87.8 cm³/mol. The molecule has 23 heavy (non-hydrogen) atoms. The second-order valence-electron chi connectivity index (χ2n) is 5.26. The first kappa shape index (κ1) is 13.5. The van der Waals surface area contributed by atoms with E-state index in [1.807, 2.05) is 36.4 Å². The van der Waals surface area contributed by atoms with Crippen LogP contribution in [0.3, 0.4) is 0 Å². The lowest BCUT2D eigenvalue weighted by Gasteiger charge is -2.04. The molecule has 1 N–H and O–H groups in total. The molecule has 6 heteroatoms. The van der Waals surface area contributed by atoms with Gasteiger partial charge in [-0.05, 0) is 30.3 Å². The zero-order chi connectivity index (χ0) is 15.8. The molecule has 0 radical (unpaired) electrons. The van der Waals surface area contributed by atoms with Crippen molar-refractivity contribution in [3.63, 3.8) is 0 Å². The Morgan fingerprint density at radius 1 is 1.22 bits per heavy atom. The number of hydrogen-bond donors (Lipinski definition) is 1. The Labute approximate surface area is 131 Å². The van der Waals surface area contributed by atoms with Crippen molar-refractivity contribution in [1.82, 2.24) is 19.5 Å². The molecule has 3 heterocycles. The van der Waals surface area contributed by atoms with Crippen LogP contribution in [0.5, 0.6) is 5.75 Å². The molecule has 0 aliphatic carbocycles. The zero-order valence-electron chi connectivity index (χ0n) is 12.5. The number of hydrogen-bond acceptors (Lipinski definition) is 4. The molecule has 0 bridgehead atoms. The van der Waals surface area contributed by atoms with Crippen molar-refractivity contribution in [2.45, 2.75) is 6.54 Å². The average Bonchev–Trinajstić information content (AvgIpc) is 2.97. The van der Waals surface area contributed by atoms with Crippen LogP contribution < -0.4 is 10.3 Å². The highest BCUT2D eigenvalue weighted by atomic mass is 16.5. The summed E-state index contributed by atoms with van der Waals surface area (Å²) in [6.45, 7) is 0.390. The summed E-state index contributed by atoms with van der Waals surface area (Å²) in [4.78, 5) is 24.5. The molecule has 0 fully saturated rings. The Morgan fingerprint density at radius 2 is 2.13 bits per heavy atom. The average molecular weight is 306 g/mol. The van der Waals surface area contributed by atoms with Crippen LogP contribution in [-0.2, 0) is 6.54 Å². The molecule has 4 rings (SSSR count). The number of methoxy groups -OCH3 is 1. The number of pyridine rings is 1. The van der Waals surface area contributed by atoms with Crippen molar-refractivity contribution in [1.29, 1.82) is 0 Å². The minimum atomic E-state index is -0.115. The lowest BCUT2D eigenvalue weighted by Crippen LogP contribution is -2.21. The van der Waals surface area contributed by atoms with E-state index in [0.29, 0.717) is 17.6 Å². The van der Waals surface area contributed by atoms with E-state index in [9.17, 15) is 4.79 Å². The number of nitrogens with zero attached hydrogens (tertiary/aromatic N) is 3. The maximum Gasteiger partial charge on any atom is 0.278 e. The molecule has 6 nitrogen and oxygen atoms in total. The van der Waals surface area contributed by atoms with Crippen molar-refractivity contribution >= 4 is 21.9 Å². The highest BCUT2D eigenvalue weighted by Crippen LogP contribution is 2.25. The molecule has 114 valence electrons. The van der Waals surface area contributed by atoms with Gasteiger partial charge in [0.1, 0.15) is 16.8 Å². The molecule has 3 aromatic heterocycles. The summed E-state index contributed by atoms with van der Waals surface area (Å²) in [5.74, 6) is 0.734. The van der Waals surface area contributed by atoms with Gasteiger partial charge in [-0.25, -0.2) is 4.98 Å². The van der Waals surface area contributed by atoms with Gasteiger partial charge < -0.3 is 9.72 Å². The van der Waals surface area contributed by atoms with Gasteiger partial charge in [-0.15, -0.1) is 0 Å². The second-order valence-corrected chi connectivity index (χ2v) is 5.26. The van der Waals surface area contributed by atoms with Gasteiger partial charge in [-0.3, -0.25) is 14.3 Å². The second kappa shape index (κ2) is 5.24. The summed E-state index contributed by atoms with van der Waals surface area (Å²) in [5, 5.41) is 0.876. The molecule has 0 atom stereocenters. The molecule has 0 spiro atoms. The summed E-state index contributed by atoms with van der Waals surface area (Å²) in [6.07, 6.45) is 3.27. The molecule has 0 unspecified atom stereocenters. The Morgan fingerprint density at radius 3 is 2.91 bits per heavy atom. The Kier molecular flexibility index (Phi) is 3.08. The van der Waals surface area contributed by atoms with Crippen molar-refractivity contribution in [2.75, 3.05) is 7.11 Å². The predicted octanol–water partition coefficient (Wildman–Crippen LogP) is 2.33. The normalized spacial score (nSPS) is 11.2. The zero-order valence-corrected chi connectivity index (χ0v) is 12.5. The number of aromatic nitrogens is 4. The van der Waals surface area contributed by atoms with Crippen LogP contribution in [0, 0.1) is 0 Å². The fourth-order valence-electron chi connectivity index (χ4n) is 2.67. The number of fused-ring (bicyclic) bond motifs is 3. The molecule has 0 saturated carbocycles. The fourth-order valence-corrected chi connectivity index (χ4v) is 2.67. The lowest BCUT2D eigenvalue weighted by atomic mass is 10.2. The van der Waals surface area contributed by atoms with E-state index >= 15 is 0 Å². The summed E-state index contributed by atoms with van der Waals surface area (Å²) >= 11 is 0. The van der Waals surface area contributed by atoms with Gasteiger partial charge in [0, 0.05) is 17.1 Å². The van der Waals surface area contributed by atoms with E-state index in [0.717, 1.165) is 22.3 Å². The molecule has 0 amide bonds. The van der Waals surface area contributed by atoms with E-state index in [4.69, 9.17) is 4.74 Å². The van der Waals surface area contributed by atoms with Gasteiger partial charge in [0.05, 0.1) is 25.7 Å². The van der Waals surface area contributed by atoms with Crippen molar-refractivity contribution in [2.24, 2.45) is 0 Å². The van der Waals surface area contributed by atoms with E-state index in [1.165, 1.54) is 0 Å². The summed E-state index contributed by atoms with van der Waals surface area (Å²) < 4.78 is 6.79. The fraction of sp³-hybridized carbons (Fsp3) is 0.118. The summed E-state index contributed by atoms with van der Waals surface area (Å²) in [7, 11) is 1.61. The highest BCUT2D eigenvalue weighted by Gasteiger charge is 2.12. The van der Waals surface area contributed by atoms with E-state index in [1.54, 1.807) is 24.2 Å². The molecule has 0 saturated heterocycles. The maximum absolute atomic E-state index is 12.7. The van der Waals surface area contributed by atoms with E-state index in [-0.39, 0.29) is 5.56 Å². The van der Waals surface area contributed by atoms with Gasteiger partial charge in [-0.2, -0.15) is 0 Å². The quantitative estimate of drug-likeness (QED) is 0.630. The van der Waals surface area contributed by atoms with Gasteiger partial charge >= 0.3 is 0 Å². The minimum absolute atomic E-state index is 0.115. The maximum atomic E-state index is 12.7. The van der Waals surface area contributed by atoms with Gasteiger partial charge in [0.15, 0.2) is 0 Å². The number of H-pyrrole nitrogens is 1. The van der Waals surface area contributed by atoms with Crippen LogP contribution >= 0.6 is 0 Å². The highest BCUT2D eigenvalue weighted by molar-refractivity contribution is 6.04. The molecular formula is C17H14N4O2. The summed E-state index contributed by atoms with van der Waals surface area (Å²) in [6, 6.07) is 11.2. The number of ether oxygens (including phenoxy) is 1. The largest absolute Gasteiger partial charge is 0.497 e. The first-order valence-corrected chi connectivity index (χ1v) is 7.21. The van der Waals surface area contributed by atoms with Gasteiger partial charge in [-0.1, -0.05) is 6.07 Å². The third-order valence-corrected chi connectivity index (χ3v) is 3.84. The standard InChI is InChI=1S/C17H14N4O2/c1-23-12-5-6-14-13(8-12)15-16(20-14)17(22)21(10-19-15)9-11-4-2-3-7-18-11/h2-8,10,20H,9H2,1H3. The minimum Gasteiger partial charge on any atom is -0.497 e. The van der Waals surface area contributed by atoms with Crippen LogP contribution in [0.15, 0.2) is 53.7 Å².